The number of nitrogens with one attached hydrogen (secondary N) is 1. The summed E-state index contributed by atoms with van der Waals surface area (Å²) in [5, 5.41) is 1.01. The second-order valence-electron chi connectivity index (χ2n) is 5.33. The Morgan fingerprint density at radius 2 is 2.05 bits per heavy atom. The number of ether oxygens (including phenoxy) is 1. The Bertz CT molecular complexity index is 594. The highest BCUT2D eigenvalue weighted by Gasteiger charge is 2.13. The van der Waals surface area contributed by atoms with Gasteiger partial charge in [0.25, 0.3) is 0 Å². The summed E-state index contributed by atoms with van der Waals surface area (Å²) < 4.78 is 5.63. The molecule has 0 bridgehead atoms. The summed E-state index contributed by atoms with van der Waals surface area (Å²) in [5.74, 6) is 7.58. The molecular formula is C14H22N4OS. The van der Waals surface area contributed by atoms with Gasteiger partial charge in [-0.05, 0) is 31.7 Å². The molecule has 2 rings (SSSR count). The quantitative estimate of drug-likeness (QED) is 0.486. The standard InChI is InChI=1S/C14H22N4OS/c1-8(2)5-6-19-7-11-16-13(18-15)12-9(3)10(4)20-14(12)17-11/h8H,5-7,15H2,1-4H3,(H,16,17,18). The van der Waals surface area contributed by atoms with Crippen molar-refractivity contribution in [2.75, 3.05) is 12.0 Å². The molecule has 5 nitrogen and oxygen atoms in total. The molecule has 110 valence electrons. The second-order valence-corrected chi connectivity index (χ2v) is 6.53. The molecule has 0 spiro atoms. The van der Waals surface area contributed by atoms with E-state index in [1.165, 1.54) is 10.4 Å². The molecule has 6 heteroatoms. The van der Waals surface area contributed by atoms with Gasteiger partial charge < -0.3 is 10.2 Å². The molecule has 0 radical (unpaired) electrons. The maximum absolute atomic E-state index is 5.63. The van der Waals surface area contributed by atoms with Crippen LogP contribution in [0, 0.1) is 19.8 Å². The monoisotopic (exact) mass is 294 g/mol. The lowest BCUT2D eigenvalue weighted by Crippen LogP contribution is -2.11. The molecule has 0 fully saturated rings. The van der Waals surface area contributed by atoms with E-state index in [9.17, 15) is 0 Å². The first-order chi connectivity index (χ1) is 9.52. The van der Waals surface area contributed by atoms with Crippen LogP contribution in [0.1, 0.15) is 36.5 Å². The van der Waals surface area contributed by atoms with Crippen molar-refractivity contribution in [2.45, 2.75) is 40.7 Å². The molecule has 0 aliphatic rings. The first-order valence-electron chi connectivity index (χ1n) is 6.84. The van der Waals surface area contributed by atoms with E-state index in [0.717, 1.165) is 23.2 Å². The van der Waals surface area contributed by atoms with Gasteiger partial charge in [-0.15, -0.1) is 11.3 Å². The van der Waals surface area contributed by atoms with Crippen molar-refractivity contribution in [2.24, 2.45) is 11.8 Å². The molecule has 20 heavy (non-hydrogen) atoms. The number of aryl methyl sites for hydroxylation is 2. The highest BCUT2D eigenvalue weighted by molar-refractivity contribution is 7.18. The highest BCUT2D eigenvalue weighted by Crippen LogP contribution is 2.32. The number of thiophene rings is 1. The zero-order valence-corrected chi connectivity index (χ0v) is 13.3. The lowest BCUT2D eigenvalue weighted by Gasteiger charge is -2.08. The summed E-state index contributed by atoms with van der Waals surface area (Å²) in [7, 11) is 0. The van der Waals surface area contributed by atoms with E-state index in [0.29, 0.717) is 24.2 Å². The van der Waals surface area contributed by atoms with Gasteiger partial charge in [-0.1, -0.05) is 13.8 Å². The van der Waals surface area contributed by atoms with Gasteiger partial charge in [-0.25, -0.2) is 15.8 Å². The van der Waals surface area contributed by atoms with Crippen LogP contribution in [-0.4, -0.2) is 16.6 Å². The van der Waals surface area contributed by atoms with Crippen molar-refractivity contribution in [3.05, 3.63) is 16.3 Å². The number of nitrogens with zero attached hydrogens (tertiary/aromatic N) is 2. The summed E-state index contributed by atoms with van der Waals surface area (Å²) in [4.78, 5) is 11.2. The average Bonchev–Trinajstić information content (AvgIpc) is 2.69. The first-order valence-corrected chi connectivity index (χ1v) is 7.65. The second kappa shape index (κ2) is 6.47. The van der Waals surface area contributed by atoms with E-state index in [1.54, 1.807) is 11.3 Å². The van der Waals surface area contributed by atoms with Crippen LogP contribution in [0.25, 0.3) is 10.2 Å². The number of nitrogens with two attached hydrogens (primary N) is 1. The van der Waals surface area contributed by atoms with Crippen LogP contribution >= 0.6 is 11.3 Å². The van der Waals surface area contributed by atoms with Crippen molar-refractivity contribution in [3.8, 4) is 0 Å². The zero-order chi connectivity index (χ0) is 14.7. The van der Waals surface area contributed by atoms with E-state index in [4.69, 9.17) is 10.6 Å². The van der Waals surface area contributed by atoms with Crippen LogP contribution < -0.4 is 11.3 Å². The number of fused-ring (bicyclic) bond motifs is 1. The van der Waals surface area contributed by atoms with Crippen LogP contribution in [0.3, 0.4) is 0 Å². The predicted molar refractivity (Wildman–Crippen MR) is 83.8 cm³/mol. The van der Waals surface area contributed by atoms with Gasteiger partial charge in [-0.3, -0.25) is 0 Å². The number of aromatic nitrogens is 2. The smallest absolute Gasteiger partial charge is 0.158 e. The Hall–Kier alpha value is -1.24. The molecule has 0 atom stereocenters. The minimum atomic E-state index is 0.424. The van der Waals surface area contributed by atoms with Gasteiger partial charge in [0.2, 0.25) is 0 Å². The lowest BCUT2D eigenvalue weighted by molar-refractivity contribution is 0.106. The maximum Gasteiger partial charge on any atom is 0.158 e. The van der Waals surface area contributed by atoms with Gasteiger partial charge in [0.05, 0.1) is 5.39 Å². The lowest BCUT2D eigenvalue weighted by atomic mass is 10.1. The van der Waals surface area contributed by atoms with Crippen LogP contribution in [0.2, 0.25) is 0 Å². The zero-order valence-electron chi connectivity index (χ0n) is 12.5. The molecule has 2 heterocycles. The SMILES string of the molecule is Cc1sc2nc(COCCC(C)C)nc(NN)c2c1C. The number of hydrogen-bond acceptors (Lipinski definition) is 6. The summed E-state index contributed by atoms with van der Waals surface area (Å²) >= 11 is 1.66. The third-order valence-electron chi connectivity index (χ3n) is 3.28. The van der Waals surface area contributed by atoms with E-state index >= 15 is 0 Å². The minimum absolute atomic E-state index is 0.424. The van der Waals surface area contributed by atoms with Gasteiger partial charge in [0, 0.05) is 11.5 Å². The number of nitrogen functional groups attached to an aromatic ring is 1. The van der Waals surface area contributed by atoms with Crippen LogP contribution in [0.4, 0.5) is 5.82 Å². The Morgan fingerprint density at radius 3 is 2.70 bits per heavy atom. The molecule has 0 aromatic carbocycles. The molecular weight excluding hydrogens is 272 g/mol. The molecule has 0 aliphatic heterocycles. The number of hydrazine groups is 1. The number of anilines is 1. The molecule has 0 saturated heterocycles. The Morgan fingerprint density at radius 1 is 1.30 bits per heavy atom. The molecule has 2 aromatic rings. The average molecular weight is 294 g/mol. The minimum Gasteiger partial charge on any atom is -0.373 e. The van der Waals surface area contributed by atoms with Crippen molar-refractivity contribution in [1.82, 2.24) is 9.97 Å². The van der Waals surface area contributed by atoms with Gasteiger partial charge in [0.15, 0.2) is 11.6 Å². The fourth-order valence-electron chi connectivity index (χ4n) is 1.95. The first kappa shape index (κ1) is 15.2. The third kappa shape index (κ3) is 3.26. The van der Waals surface area contributed by atoms with E-state index in [2.05, 4.69) is 43.1 Å². The molecule has 0 unspecified atom stereocenters. The summed E-state index contributed by atoms with van der Waals surface area (Å²) in [6.07, 6.45) is 1.04. The maximum atomic E-state index is 5.63. The topological polar surface area (TPSA) is 73.1 Å². The third-order valence-corrected chi connectivity index (χ3v) is 4.38. The summed E-state index contributed by atoms with van der Waals surface area (Å²) in [6, 6.07) is 0. The van der Waals surface area contributed by atoms with E-state index < -0.39 is 0 Å². The predicted octanol–water partition coefficient (Wildman–Crippen LogP) is 3.16. The van der Waals surface area contributed by atoms with Crippen molar-refractivity contribution >= 4 is 27.4 Å². The number of hydrogen-bond donors (Lipinski definition) is 2. The highest BCUT2D eigenvalue weighted by atomic mass is 32.1. The van der Waals surface area contributed by atoms with Crippen molar-refractivity contribution in [3.63, 3.8) is 0 Å². The fraction of sp³-hybridized carbons (Fsp3) is 0.571. The Labute approximate surface area is 123 Å². The summed E-state index contributed by atoms with van der Waals surface area (Å²) in [6.45, 7) is 9.66. The number of rotatable bonds is 6. The fourth-order valence-corrected chi connectivity index (χ4v) is 2.99. The van der Waals surface area contributed by atoms with Gasteiger partial charge in [-0.2, -0.15) is 0 Å². The molecule has 3 N–H and O–H groups in total. The Kier molecular flexibility index (Phi) is 4.91. The van der Waals surface area contributed by atoms with Crippen LogP contribution in [0.15, 0.2) is 0 Å². The normalized spacial score (nSPS) is 11.5. The van der Waals surface area contributed by atoms with Crippen molar-refractivity contribution in [1.29, 1.82) is 0 Å². The molecule has 0 saturated carbocycles. The molecule has 0 amide bonds. The molecule has 2 aromatic heterocycles. The summed E-state index contributed by atoms with van der Waals surface area (Å²) in [5.41, 5.74) is 3.86. The molecule has 0 aliphatic carbocycles. The van der Waals surface area contributed by atoms with Crippen molar-refractivity contribution < 1.29 is 4.74 Å². The van der Waals surface area contributed by atoms with Crippen LogP contribution in [-0.2, 0) is 11.3 Å². The van der Waals surface area contributed by atoms with Gasteiger partial charge in [0.1, 0.15) is 11.4 Å². The largest absolute Gasteiger partial charge is 0.373 e. The van der Waals surface area contributed by atoms with Crippen LogP contribution in [0.5, 0.6) is 0 Å². The van der Waals surface area contributed by atoms with E-state index in [-0.39, 0.29) is 0 Å². The Balaban J connectivity index is 2.19. The van der Waals surface area contributed by atoms with Gasteiger partial charge >= 0.3 is 0 Å². The van der Waals surface area contributed by atoms with E-state index in [1.807, 2.05) is 0 Å².